The van der Waals surface area contributed by atoms with Gasteiger partial charge in [-0.2, -0.15) is 5.26 Å². The van der Waals surface area contributed by atoms with Crippen LogP contribution in [0.15, 0.2) is 96.4 Å². The summed E-state index contributed by atoms with van der Waals surface area (Å²) in [6.07, 6.45) is 0. The van der Waals surface area contributed by atoms with Gasteiger partial charge in [-0.1, -0.05) is 71.2 Å². The highest BCUT2D eigenvalue weighted by Gasteiger charge is 2.31. The topological polar surface area (TPSA) is 104 Å². The van der Waals surface area contributed by atoms with Gasteiger partial charge in [-0.3, -0.25) is 0 Å². The molecule has 1 heterocycles. The first-order valence-electron chi connectivity index (χ1n) is 12.6. The molecule has 1 aliphatic rings. The monoisotopic (exact) mass is 586 g/mol. The van der Waals surface area contributed by atoms with Gasteiger partial charge in [-0.25, -0.2) is 4.79 Å². The molecular weight excluding hydrogens is 563 g/mol. The molecule has 0 radical (unpaired) electrons. The predicted molar refractivity (Wildman–Crippen MR) is 155 cm³/mol. The minimum absolute atomic E-state index is 0.0195. The van der Waals surface area contributed by atoms with E-state index in [9.17, 15) is 10.1 Å². The lowest BCUT2D eigenvalue weighted by Crippen LogP contribution is -2.21. The average molecular weight is 587 g/mol. The average Bonchev–Trinajstić information content (AvgIpc) is 2.96. The van der Waals surface area contributed by atoms with Crippen LogP contribution in [0.25, 0.3) is 0 Å². The summed E-state index contributed by atoms with van der Waals surface area (Å²) < 4.78 is 22.5. The van der Waals surface area contributed by atoms with E-state index >= 15 is 0 Å². The number of halogens is 2. The Hall–Kier alpha value is -4.64. The number of benzene rings is 4. The molecule has 206 valence electrons. The summed E-state index contributed by atoms with van der Waals surface area (Å²) in [7, 11) is 0. The van der Waals surface area contributed by atoms with Gasteiger partial charge in [0, 0.05) is 16.7 Å². The number of hydrogen-bond donors (Lipinski definition) is 1. The van der Waals surface area contributed by atoms with Gasteiger partial charge in [0.25, 0.3) is 0 Å². The Bertz CT molecular complexity index is 1660. The zero-order chi connectivity index (χ0) is 28.9. The summed E-state index contributed by atoms with van der Waals surface area (Å²) in [5, 5.41) is 10.6. The largest absolute Gasteiger partial charge is 0.489 e. The van der Waals surface area contributed by atoms with Gasteiger partial charge in [0.15, 0.2) is 6.61 Å². The molecule has 1 unspecified atom stereocenters. The third kappa shape index (κ3) is 6.58. The maximum atomic E-state index is 12.4. The van der Waals surface area contributed by atoms with Gasteiger partial charge < -0.3 is 24.7 Å². The number of allylic oxidation sites excluding steroid dienone is 1. The van der Waals surface area contributed by atoms with Crippen LogP contribution in [0.2, 0.25) is 10.0 Å². The van der Waals surface area contributed by atoms with Gasteiger partial charge in [0.1, 0.15) is 41.2 Å². The Balaban J connectivity index is 1.29. The van der Waals surface area contributed by atoms with E-state index in [0.717, 1.165) is 11.1 Å². The number of esters is 1. The molecule has 4 aromatic rings. The van der Waals surface area contributed by atoms with Crippen molar-refractivity contribution in [3.63, 3.8) is 0 Å². The summed E-state index contributed by atoms with van der Waals surface area (Å²) >= 11 is 12.0. The van der Waals surface area contributed by atoms with E-state index in [-0.39, 0.29) is 28.8 Å². The van der Waals surface area contributed by atoms with Crippen molar-refractivity contribution in [3.8, 4) is 29.1 Å². The summed E-state index contributed by atoms with van der Waals surface area (Å²) in [6.45, 7) is 2.11. The highest BCUT2D eigenvalue weighted by molar-refractivity contribution is 6.35. The predicted octanol–water partition coefficient (Wildman–Crippen LogP) is 7.08. The van der Waals surface area contributed by atoms with Crippen molar-refractivity contribution in [3.05, 3.63) is 129 Å². The second kappa shape index (κ2) is 12.3. The Morgan fingerprint density at radius 1 is 0.951 bits per heavy atom. The molecule has 0 aromatic heterocycles. The normalized spacial score (nSPS) is 14.0. The molecule has 0 amide bonds. The third-order valence-electron chi connectivity index (χ3n) is 6.40. The summed E-state index contributed by atoms with van der Waals surface area (Å²) in [6, 6.07) is 27.4. The molecule has 0 saturated carbocycles. The van der Waals surface area contributed by atoms with E-state index in [0.29, 0.717) is 34.4 Å². The summed E-state index contributed by atoms with van der Waals surface area (Å²) in [5.41, 5.74) is 10.2. The van der Waals surface area contributed by atoms with Gasteiger partial charge in [0.2, 0.25) is 5.88 Å². The standard InChI is InChI=1S/C32H24Cl2N2O5/c1-19-2-4-20(5-3-19)17-38-23-9-6-21(7-10-23)31-25-12-11-24(15-29(25)41-32(36)26(31)16-35)40-30(37)18-39-28-13-8-22(33)14-27(28)34/h2-15,31H,17-18,36H2,1H3. The van der Waals surface area contributed by atoms with Crippen LogP contribution < -0.4 is 24.7 Å². The number of carbonyl (C=O) groups excluding carboxylic acids is 1. The van der Waals surface area contributed by atoms with Gasteiger partial charge in [-0.15, -0.1) is 0 Å². The van der Waals surface area contributed by atoms with E-state index < -0.39 is 11.9 Å². The molecule has 0 fully saturated rings. The van der Waals surface area contributed by atoms with Crippen molar-refractivity contribution < 1.29 is 23.7 Å². The minimum Gasteiger partial charge on any atom is -0.489 e. The molecule has 0 saturated heterocycles. The number of nitriles is 1. The smallest absolute Gasteiger partial charge is 0.349 e. The number of aryl methyl sites for hydroxylation is 1. The highest BCUT2D eigenvalue weighted by atomic mass is 35.5. The van der Waals surface area contributed by atoms with Crippen LogP contribution in [0.3, 0.4) is 0 Å². The number of hydrogen-bond acceptors (Lipinski definition) is 7. The fraction of sp³-hybridized carbons (Fsp3) is 0.125. The Labute approximate surface area is 247 Å². The van der Waals surface area contributed by atoms with Crippen molar-refractivity contribution >= 4 is 29.2 Å². The number of carbonyl (C=O) groups is 1. The molecule has 1 atom stereocenters. The van der Waals surface area contributed by atoms with E-state index in [4.69, 9.17) is 47.9 Å². The Morgan fingerprint density at radius 3 is 2.39 bits per heavy atom. The third-order valence-corrected chi connectivity index (χ3v) is 6.93. The van der Waals surface area contributed by atoms with Crippen LogP contribution in [-0.2, 0) is 11.4 Å². The Morgan fingerprint density at radius 2 is 1.68 bits per heavy atom. The van der Waals surface area contributed by atoms with E-state index in [1.54, 1.807) is 30.3 Å². The second-order valence-electron chi connectivity index (χ2n) is 9.31. The molecular formula is C32H24Cl2N2O5. The molecule has 4 aromatic carbocycles. The Kier molecular flexibility index (Phi) is 8.34. The zero-order valence-electron chi connectivity index (χ0n) is 21.9. The number of nitrogens with zero attached hydrogens (tertiary/aromatic N) is 1. The molecule has 7 nitrogen and oxygen atoms in total. The van der Waals surface area contributed by atoms with Crippen molar-refractivity contribution in [2.45, 2.75) is 19.4 Å². The highest BCUT2D eigenvalue weighted by Crippen LogP contribution is 2.43. The van der Waals surface area contributed by atoms with Crippen LogP contribution in [0, 0.1) is 18.3 Å². The fourth-order valence-electron chi connectivity index (χ4n) is 4.34. The first-order chi connectivity index (χ1) is 19.8. The first-order valence-corrected chi connectivity index (χ1v) is 13.3. The van der Waals surface area contributed by atoms with E-state index in [1.807, 2.05) is 55.5 Å². The second-order valence-corrected chi connectivity index (χ2v) is 10.1. The quantitative estimate of drug-likeness (QED) is 0.174. The van der Waals surface area contributed by atoms with E-state index in [2.05, 4.69) is 6.07 Å². The lowest BCUT2D eigenvalue weighted by molar-refractivity contribution is -0.136. The van der Waals surface area contributed by atoms with Crippen molar-refractivity contribution in [2.75, 3.05) is 6.61 Å². The summed E-state index contributed by atoms with van der Waals surface area (Å²) in [4.78, 5) is 12.4. The molecule has 5 rings (SSSR count). The van der Waals surface area contributed by atoms with Crippen molar-refractivity contribution in [1.82, 2.24) is 0 Å². The molecule has 2 N–H and O–H groups in total. The maximum Gasteiger partial charge on any atom is 0.349 e. The zero-order valence-corrected chi connectivity index (χ0v) is 23.4. The molecule has 41 heavy (non-hydrogen) atoms. The molecule has 0 aliphatic carbocycles. The lowest BCUT2D eigenvalue weighted by Gasteiger charge is -2.26. The molecule has 1 aliphatic heterocycles. The number of ether oxygens (including phenoxy) is 4. The van der Waals surface area contributed by atoms with Crippen LogP contribution >= 0.6 is 23.2 Å². The summed E-state index contributed by atoms with van der Waals surface area (Å²) in [5.74, 6) is 0.457. The van der Waals surface area contributed by atoms with Gasteiger partial charge in [0.05, 0.1) is 10.9 Å². The number of nitrogens with two attached hydrogens (primary N) is 1. The lowest BCUT2D eigenvalue weighted by atomic mass is 9.83. The maximum absolute atomic E-state index is 12.4. The van der Waals surface area contributed by atoms with E-state index in [1.165, 1.54) is 11.6 Å². The van der Waals surface area contributed by atoms with Crippen LogP contribution in [0.4, 0.5) is 0 Å². The van der Waals surface area contributed by atoms with Gasteiger partial charge >= 0.3 is 5.97 Å². The van der Waals surface area contributed by atoms with Crippen molar-refractivity contribution in [2.24, 2.45) is 5.73 Å². The molecule has 0 bridgehead atoms. The van der Waals surface area contributed by atoms with Crippen LogP contribution in [-0.4, -0.2) is 12.6 Å². The number of rotatable bonds is 8. The number of fused-ring (bicyclic) bond motifs is 1. The fourth-order valence-corrected chi connectivity index (χ4v) is 4.80. The van der Waals surface area contributed by atoms with Crippen LogP contribution in [0.5, 0.6) is 23.0 Å². The molecule has 9 heteroatoms. The molecule has 0 spiro atoms. The first kappa shape index (κ1) is 27.9. The van der Waals surface area contributed by atoms with Gasteiger partial charge in [-0.05, 0) is 54.4 Å². The van der Waals surface area contributed by atoms with Crippen molar-refractivity contribution in [1.29, 1.82) is 5.26 Å². The SMILES string of the molecule is Cc1ccc(COc2ccc(C3C(C#N)=C(N)Oc4cc(OC(=O)COc5ccc(Cl)cc5Cl)ccc43)cc2)cc1. The van der Waals surface area contributed by atoms with Crippen LogP contribution in [0.1, 0.15) is 28.2 Å². The minimum atomic E-state index is -0.647.